The van der Waals surface area contributed by atoms with Crippen molar-refractivity contribution in [1.82, 2.24) is 29.9 Å². The van der Waals surface area contributed by atoms with Gasteiger partial charge in [-0.15, -0.1) is 10.2 Å². The van der Waals surface area contributed by atoms with E-state index < -0.39 is 58.9 Å². The Kier molecular flexibility index (Phi) is 5.90. The van der Waals surface area contributed by atoms with Crippen molar-refractivity contribution in [2.45, 2.75) is 56.5 Å². The lowest BCUT2D eigenvalue weighted by Gasteiger charge is -2.61. The van der Waals surface area contributed by atoms with E-state index >= 15 is 0 Å². The van der Waals surface area contributed by atoms with Crippen molar-refractivity contribution >= 4 is 11.7 Å². The van der Waals surface area contributed by atoms with Gasteiger partial charge < -0.3 is 14.6 Å². The molecule has 4 heterocycles. The summed E-state index contributed by atoms with van der Waals surface area (Å²) in [4.78, 5) is 18.4. The van der Waals surface area contributed by atoms with E-state index in [1.165, 1.54) is 23.0 Å². The molecule has 3 aromatic rings. The monoisotopic (exact) mass is 547 g/mol. The lowest BCUT2D eigenvalue weighted by molar-refractivity contribution is -0.137. The van der Waals surface area contributed by atoms with Crippen molar-refractivity contribution < 1.29 is 39.9 Å². The Balaban J connectivity index is 1.47. The van der Waals surface area contributed by atoms with Crippen molar-refractivity contribution in [2.75, 3.05) is 5.32 Å². The van der Waals surface area contributed by atoms with E-state index in [1.54, 1.807) is 0 Å². The van der Waals surface area contributed by atoms with Gasteiger partial charge in [0.15, 0.2) is 5.82 Å². The summed E-state index contributed by atoms with van der Waals surface area (Å²) in [6.45, 7) is 1.89. The summed E-state index contributed by atoms with van der Waals surface area (Å²) in [5, 5.41) is 13.4. The van der Waals surface area contributed by atoms with E-state index in [0.717, 1.165) is 6.07 Å². The number of aryl methyl sites for hydroxylation is 1. The second-order valence-corrected chi connectivity index (χ2v) is 9.64. The number of amides is 2. The minimum absolute atomic E-state index is 0.0559. The molecule has 204 valence electrons. The summed E-state index contributed by atoms with van der Waals surface area (Å²) < 4.78 is 101. The first-order valence-electron chi connectivity index (χ1n) is 11.4. The third-order valence-electron chi connectivity index (χ3n) is 6.69. The molecule has 1 aromatic carbocycles. The van der Waals surface area contributed by atoms with Crippen molar-refractivity contribution in [1.29, 1.82) is 0 Å². The van der Waals surface area contributed by atoms with Crippen molar-refractivity contribution in [3.05, 3.63) is 41.6 Å². The van der Waals surface area contributed by atoms with Crippen LogP contribution in [-0.2, 0) is 25.2 Å². The molecule has 38 heavy (non-hydrogen) atoms. The number of nitrogens with zero attached hydrogens (tertiary/aromatic N) is 6. The highest BCUT2D eigenvalue weighted by Crippen LogP contribution is 2.55. The maximum absolute atomic E-state index is 14.8. The maximum Gasteiger partial charge on any atom is 0.417 e. The SMILES string of the molecule is C[C@@H]1CC2CC(c3nnc(CC(F)(F)F)o3)(C1)N2C(=O)Nc1cc(-c2ncn(C)n2)c(C(F)(F)F)cc1F. The van der Waals surface area contributed by atoms with Gasteiger partial charge in [0.05, 0.1) is 11.3 Å². The second-order valence-electron chi connectivity index (χ2n) is 9.64. The fourth-order valence-corrected chi connectivity index (χ4v) is 5.36. The van der Waals surface area contributed by atoms with Crippen molar-refractivity contribution in [2.24, 2.45) is 13.0 Å². The molecule has 1 N–H and O–H groups in total. The zero-order chi connectivity index (χ0) is 27.6. The molecule has 2 aromatic heterocycles. The molecule has 2 aliphatic heterocycles. The zero-order valence-corrected chi connectivity index (χ0v) is 19.9. The molecule has 2 bridgehead atoms. The summed E-state index contributed by atoms with van der Waals surface area (Å²) in [5.74, 6) is -2.46. The molecule has 3 atom stereocenters. The van der Waals surface area contributed by atoms with Crippen LogP contribution >= 0.6 is 0 Å². The molecular weight excluding hydrogens is 527 g/mol. The molecule has 2 unspecified atom stereocenters. The molecule has 2 amide bonds. The van der Waals surface area contributed by atoms with Gasteiger partial charge in [-0.2, -0.15) is 31.4 Å². The van der Waals surface area contributed by atoms with E-state index in [2.05, 4.69) is 25.6 Å². The lowest BCUT2D eigenvalue weighted by atomic mass is 9.64. The summed E-state index contributed by atoms with van der Waals surface area (Å²) >= 11 is 0. The predicted molar refractivity (Wildman–Crippen MR) is 115 cm³/mol. The first-order chi connectivity index (χ1) is 17.7. The Hall–Kier alpha value is -3.72. The molecule has 16 heteroatoms. The number of urea groups is 1. The van der Waals surface area contributed by atoms with Crippen LogP contribution in [0.2, 0.25) is 0 Å². The Labute approximate surface area is 210 Å². The summed E-state index contributed by atoms with van der Waals surface area (Å²) in [6.07, 6.45) is -8.61. The molecule has 6 rings (SSSR count). The van der Waals surface area contributed by atoms with Crippen LogP contribution in [0.5, 0.6) is 0 Å². The van der Waals surface area contributed by atoms with Crippen LogP contribution in [0.15, 0.2) is 22.9 Å². The molecule has 3 aliphatic rings. The molecule has 0 spiro atoms. The minimum Gasteiger partial charge on any atom is -0.422 e. The van der Waals surface area contributed by atoms with Gasteiger partial charge in [0.1, 0.15) is 24.1 Å². The van der Waals surface area contributed by atoms with Crippen LogP contribution in [0.1, 0.15) is 43.5 Å². The van der Waals surface area contributed by atoms with Crippen LogP contribution in [0.25, 0.3) is 11.4 Å². The number of carbonyl (C=O) groups is 1. The predicted octanol–water partition coefficient (Wildman–Crippen LogP) is 5.06. The Morgan fingerprint density at radius 2 is 1.92 bits per heavy atom. The van der Waals surface area contributed by atoms with Gasteiger partial charge in [-0.3, -0.25) is 4.68 Å². The van der Waals surface area contributed by atoms with Crippen LogP contribution < -0.4 is 5.32 Å². The normalized spacial score (nSPS) is 23.3. The van der Waals surface area contributed by atoms with E-state index in [-0.39, 0.29) is 29.7 Å². The number of benzene rings is 1. The largest absolute Gasteiger partial charge is 0.422 e. The van der Waals surface area contributed by atoms with Gasteiger partial charge >= 0.3 is 18.4 Å². The zero-order valence-electron chi connectivity index (χ0n) is 19.9. The number of rotatable bonds is 4. The van der Waals surface area contributed by atoms with Gasteiger partial charge in [-0.25, -0.2) is 14.2 Å². The summed E-state index contributed by atoms with van der Waals surface area (Å²) in [7, 11) is 1.44. The third-order valence-corrected chi connectivity index (χ3v) is 6.69. The average molecular weight is 547 g/mol. The average Bonchev–Trinajstić information content (AvgIpc) is 3.41. The second kappa shape index (κ2) is 8.66. The number of carbonyl (C=O) groups excluding carboxylic acids is 1. The number of hydrogen-bond donors (Lipinski definition) is 1. The number of halogens is 7. The van der Waals surface area contributed by atoms with Crippen LogP contribution in [0, 0.1) is 11.7 Å². The molecule has 2 saturated heterocycles. The number of alkyl halides is 6. The van der Waals surface area contributed by atoms with Crippen molar-refractivity contribution in [3.8, 4) is 11.4 Å². The van der Waals surface area contributed by atoms with E-state index in [0.29, 0.717) is 19.3 Å². The fourth-order valence-electron chi connectivity index (χ4n) is 5.36. The lowest BCUT2D eigenvalue weighted by Crippen LogP contribution is -2.70. The molecule has 0 radical (unpaired) electrons. The van der Waals surface area contributed by atoms with Gasteiger partial charge in [-0.1, -0.05) is 6.92 Å². The quantitative estimate of drug-likeness (QED) is 0.459. The Morgan fingerprint density at radius 1 is 1.18 bits per heavy atom. The van der Waals surface area contributed by atoms with Crippen LogP contribution in [-0.4, -0.2) is 48.1 Å². The smallest absolute Gasteiger partial charge is 0.417 e. The fraction of sp³-hybridized carbons (Fsp3) is 0.500. The highest BCUT2D eigenvalue weighted by Gasteiger charge is 2.62. The highest BCUT2D eigenvalue weighted by molar-refractivity contribution is 5.92. The third kappa shape index (κ3) is 4.55. The summed E-state index contributed by atoms with van der Waals surface area (Å²) in [6, 6.07) is -0.199. The van der Waals surface area contributed by atoms with Gasteiger partial charge in [0, 0.05) is 25.1 Å². The highest BCUT2D eigenvalue weighted by atomic mass is 19.4. The topological polar surface area (TPSA) is 102 Å². The summed E-state index contributed by atoms with van der Waals surface area (Å²) in [5.41, 5.74) is -3.65. The first kappa shape index (κ1) is 25.9. The number of piperidine rings is 1. The molecule has 1 aliphatic carbocycles. The number of aromatic nitrogens is 5. The number of fused-ring (bicyclic) bond motifs is 2. The van der Waals surface area contributed by atoms with Crippen molar-refractivity contribution in [3.63, 3.8) is 0 Å². The maximum atomic E-state index is 14.8. The number of anilines is 1. The first-order valence-corrected chi connectivity index (χ1v) is 11.4. The standard InChI is InChI=1S/C22H20F7N7O2/c1-10-3-11-7-20(6-10,18-33-32-16(38-18)8-21(24,25)26)36(11)19(37)31-15-4-12(17-30-9-35(2)34-17)13(5-14(15)23)22(27,28)29/h4-5,9-11H,3,6-8H2,1-2H3,(H,31,37)/t10-,11?,20?/m1/s1. The van der Waals surface area contributed by atoms with Gasteiger partial charge in [0.2, 0.25) is 11.8 Å². The van der Waals surface area contributed by atoms with Gasteiger partial charge in [0.25, 0.3) is 0 Å². The molecule has 1 saturated carbocycles. The number of nitrogens with one attached hydrogen (secondary N) is 1. The van der Waals surface area contributed by atoms with Crippen LogP contribution in [0.4, 0.5) is 41.2 Å². The Morgan fingerprint density at radius 3 is 2.55 bits per heavy atom. The van der Waals surface area contributed by atoms with E-state index in [9.17, 15) is 35.5 Å². The molecule has 9 nitrogen and oxygen atoms in total. The molecular formula is C22H20F7N7O2. The van der Waals surface area contributed by atoms with Crippen LogP contribution in [0.3, 0.4) is 0 Å². The van der Waals surface area contributed by atoms with Gasteiger partial charge in [-0.05, 0) is 30.9 Å². The molecule has 3 fully saturated rings. The Bertz CT molecular complexity index is 1380. The minimum atomic E-state index is -4.93. The van der Waals surface area contributed by atoms with E-state index in [4.69, 9.17) is 4.42 Å². The van der Waals surface area contributed by atoms with E-state index in [1.807, 2.05) is 6.92 Å². The number of hydrogen-bond acceptors (Lipinski definition) is 6.